The molecule has 1 N–H and O–H groups in total. The summed E-state index contributed by atoms with van der Waals surface area (Å²) in [5, 5.41) is 9.05. The Morgan fingerprint density at radius 2 is 2.17 bits per heavy atom. The second-order valence-electron chi connectivity index (χ2n) is 1.97. The van der Waals surface area contributed by atoms with Gasteiger partial charge in [0.2, 0.25) is 0 Å². The summed E-state index contributed by atoms with van der Waals surface area (Å²) in [7, 11) is 0. The van der Waals surface area contributed by atoms with Gasteiger partial charge in [0.05, 0.1) is 0 Å². The van der Waals surface area contributed by atoms with Crippen molar-refractivity contribution in [2.45, 2.75) is 6.43 Å². The van der Waals surface area contributed by atoms with E-state index in [0.29, 0.717) is 0 Å². The lowest BCUT2D eigenvalue weighted by molar-refractivity contribution is 0.144. The van der Waals surface area contributed by atoms with Crippen molar-refractivity contribution in [2.75, 3.05) is 0 Å². The second kappa shape index (κ2) is 3.82. The number of hydrogen-bond acceptors (Lipinski definition) is 2. The average Bonchev–Trinajstić information content (AvgIpc) is 1.96. The molecule has 66 valence electrons. The highest BCUT2D eigenvalue weighted by Gasteiger charge is 2.15. The van der Waals surface area contributed by atoms with Crippen LogP contribution in [0.25, 0.3) is 0 Å². The maximum absolute atomic E-state index is 12.2. The van der Waals surface area contributed by atoms with E-state index in [2.05, 4.69) is 20.9 Å². The number of pyridine rings is 1. The fourth-order valence-electron chi connectivity index (χ4n) is 0.623. The van der Waals surface area contributed by atoms with Gasteiger partial charge in [0.1, 0.15) is 16.0 Å². The molecule has 2 nitrogen and oxygen atoms in total. The highest BCUT2D eigenvalue weighted by molar-refractivity contribution is 14.1. The molecule has 0 unspecified atom stereocenters. The minimum absolute atomic E-state index is 0.0400. The van der Waals surface area contributed by atoms with E-state index in [1.165, 1.54) is 6.07 Å². The predicted molar refractivity (Wildman–Crippen MR) is 51.3 cm³/mol. The highest BCUT2D eigenvalue weighted by atomic mass is 127. The van der Waals surface area contributed by atoms with E-state index in [9.17, 15) is 8.78 Å². The molecule has 0 aromatic carbocycles. The third-order valence-electron chi connectivity index (χ3n) is 1.14. The number of halogens is 4. The Bertz CT molecular complexity index is 308. The Hall–Kier alpha value is 0.0200. The molecule has 12 heavy (non-hydrogen) atoms. The van der Waals surface area contributed by atoms with Gasteiger partial charge in [-0.25, -0.2) is 13.8 Å². The fourth-order valence-corrected chi connectivity index (χ4v) is 1.58. The van der Waals surface area contributed by atoms with E-state index in [4.69, 9.17) is 5.11 Å². The van der Waals surface area contributed by atoms with E-state index in [0.717, 1.165) is 0 Å². The molecule has 6 heteroatoms. The molecule has 1 rings (SSSR count). The van der Waals surface area contributed by atoms with E-state index >= 15 is 0 Å². The molecule has 0 amide bonds. The van der Waals surface area contributed by atoms with Crippen LogP contribution in [0, 0.1) is 3.57 Å². The number of aromatic hydroxyl groups is 1. The molecular weight excluding hydrogens is 347 g/mol. The Morgan fingerprint density at radius 1 is 1.58 bits per heavy atom. The lowest BCUT2D eigenvalue weighted by atomic mass is 10.3. The molecule has 0 radical (unpaired) electrons. The molecule has 1 aromatic rings. The van der Waals surface area contributed by atoms with Crippen LogP contribution in [0.4, 0.5) is 8.78 Å². The summed E-state index contributed by atoms with van der Waals surface area (Å²) in [4.78, 5) is 3.48. The third-order valence-corrected chi connectivity index (χ3v) is 2.59. The highest BCUT2D eigenvalue weighted by Crippen LogP contribution is 2.29. The normalized spacial score (nSPS) is 10.8. The third kappa shape index (κ3) is 2.03. The quantitative estimate of drug-likeness (QED) is 0.624. The first-order valence-electron chi connectivity index (χ1n) is 2.85. The van der Waals surface area contributed by atoms with Crippen molar-refractivity contribution < 1.29 is 13.9 Å². The van der Waals surface area contributed by atoms with E-state index in [-0.39, 0.29) is 19.6 Å². The Balaban J connectivity index is 3.23. The maximum Gasteiger partial charge on any atom is 0.281 e. The fraction of sp³-hybridized carbons (Fsp3) is 0.167. The molecular formula is C6H3BrF2INO. The summed E-state index contributed by atoms with van der Waals surface area (Å²) >= 11 is 4.55. The number of aromatic nitrogens is 1. The van der Waals surface area contributed by atoms with Crippen LogP contribution in [0.5, 0.6) is 5.75 Å². The van der Waals surface area contributed by atoms with Crippen molar-refractivity contribution in [3.8, 4) is 5.75 Å². The monoisotopic (exact) mass is 349 g/mol. The number of rotatable bonds is 1. The molecule has 1 heterocycles. The predicted octanol–water partition coefficient (Wildman–Crippen LogP) is 3.09. The van der Waals surface area contributed by atoms with Crippen molar-refractivity contribution in [1.82, 2.24) is 4.98 Å². The van der Waals surface area contributed by atoms with Crippen LogP contribution in [0.3, 0.4) is 0 Å². The molecule has 0 spiro atoms. The van der Waals surface area contributed by atoms with E-state index in [1.54, 1.807) is 22.6 Å². The van der Waals surface area contributed by atoms with Crippen LogP contribution < -0.4 is 0 Å². The lowest BCUT2D eigenvalue weighted by Gasteiger charge is -2.03. The van der Waals surface area contributed by atoms with Gasteiger partial charge in [-0.3, -0.25) is 0 Å². The molecule has 0 aliphatic heterocycles. The van der Waals surface area contributed by atoms with Crippen LogP contribution in [0.2, 0.25) is 0 Å². The number of alkyl halides is 2. The van der Waals surface area contributed by atoms with Crippen LogP contribution in [-0.2, 0) is 0 Å². The first-order chi connectivity index (χ1) is 5.52. The van der Waals surface area contributed by atoms with Crippen LogP contribution >= 0.6 is 38.5 Å². The Morgan fingerprint density at radius 3 is 2.67 bits per heavy atom. The first-order valence-corrected chi connectivity index (χ1v) is 4.72. The van der Waals surface area contributed by atoms with Gasteiger partial charge in [-0.1, -0.05) is 0 Å². The Labute approximate surface area is 89.3 Å². The van der Waals surface area contributed by atoms with Gasteiger partial charge in [-0.05, 0) is 44.6 Å². The Kier molecular flexibility index (Phi) is 3.22. The zero-order chi connectivity index (χ0) is 9.30. The maximum atomic E-state index is 12.2. The number of nitrogens with zero attached hydrogens (tertiary/aromatic N) is 1. The van der Waals surface area contributed by atoms with Crippen molar-refractivity contribution in [1.29, 1.82) is 0 Å². The molecule has 0 saturated heterocycles. The molecule has 0 fully saturated rings. The zero-order valence-electron chi connectivity index (χ0n) is 5.56. The average molecular weight is 350 g/mol. The SMILES string of the molecule is Oc1cc(I)c(C(F)F)nc1Br. The van der Waals surface area contributed by atoms with Gasteiger partial charge in [0, 0.05) is 3.57 Å². The molecule has 1 aromatic heterocycles. The van der Waals surface area contributed by atoms with Gasteiger partial charge in [-0.15, -0.1) is 0 Å². The summed E-state index contributed by atoms with van der Waals surface area (Å²) in [6.45, 7) is 0. The topological polar surface area (TPSA) is 33.1 Å². The number of hydrogen-bond donors (Lipinski definition) is 1. The van der Waals surface area contributed by atoms with Crippen LogP contribution in [0.1, 0.15) is 12.1 Å². The lowest BCUT2D eigenvalue weighted by Crippen LogP contribution is -1.94. The minimum atomic E-state index is -2.62. The standard InChI is InChI=1S/C6H3BrF2INO/c7-5-3(12)1-2(10)4(11-5)6(8)9/h1,6,12H. The largest absolute Gasteiger partial charge is 0.505 e. The van der Waals surface area contributed by atoms with Crippen LogP contribution in [-0.4, -0.2) is 10.1 Å². The van der Waals surface area contributed by atoms with Gasteiger partial charge in [0.15, 0.2) is 0 Å². The van der Waals surface area contributed by atoms with Crippen molar-refractivity contribution in [3.05, 3.63) is 19.9 Å². The van der Waals surface area contributed by atoms with Gasteiger partial charge in [-0.2, -0.15) is 0 Å². The second-order valence-corrected chi connectivity index (χ2v) is 3.88. The molecule has 0 bridgehead atoms. The molecule has 0 atom stereocenters. The minimum Gasteiger partial charge on any atom is -0.505 e. The molecule has 0 saturated carbocycles. The summed E-state index contributed by atoms with van der Waals surface area (Å²) < 4.78 is 24.6. The summed E-state index contributed by atoms with van der Waals surface area (Å²) in [5.74, 6) is -0.135. The van der Waals surface area contributed by atoms with Gasteiger partial charge >= 0.3 is 0 Å². The van der Waals surface area contributed by atoms with Crippen molar-refractivity contribution >= 4 is 38.5 Å². The van der Waals surface area contributed by atoms with E-state index in [1.807, 2.05) is 0 Å². The van der Waals surface area contributed by atoms with Crippen molar-refractivity contribution in [2.24, 2.45) is 0 Å². The summed E-state index contributed by atoms with van der Waals surface area (Å²) in [6.07, 6.45) is -2.62. The van der Waals surface area contributed by atoms with Gasteiger partial charge in [0.25, 0.3) is 6.43 Å². The molecule has 0 aliphatic carbocycles. The zero-order valence-corrected chi connectivity index (χ0v) is 9.30. The van der Waals surface area contributed by atoms with Crippen LogP contribution in [0.15, 0.2) is 10.7 Å². The van der Waals surface area contributed by atoms with Crippen molar-refractivity contribution in [3.63, 3.8) is 0 Å². The smallest absolute Gasteiger partial charge is 0.281 e. The van der Waals surface area contributed by atoms with E-state index < -0.39 is 6.43 Å². The van der Waals surface area contributed by atoms with Gasteiger partial charge < -0.3 is 5.11 Å². The first kappa shape index (κ1) is 10.1. The summed E-state index contributed by atoms with van der Waals surface area (Å²) in [5.41, 5.74) is -0.319. The molecule has 0 aliphatic rings. The summed E-state index contributed by atoms with van der Waals surface area (Å²) in [6, 6.07) is 1.24.